The molecule has 6 nitrogen and oxygen atoms in total. The van der Waals surface area contributed by atoms with Gasteiger partial charge in [0.25, 0.3) is 5.91 Å². The average molecular weight is 369 g/mol. The van der Waals surface area contributed by atoms with Crippen LogP contribution in [-0.2, 0) is 16.1 Å². The molecule has 0 radical (unpaired) electrons. The zero-order valence-corrected chi connectivity index (χ0v) is 15.8. The van der Waals surface area contributed by atoms with Crippen LogP contribution in [0, 0.1) is 5.92 Å². The van der Waals surface area contributed by atoms with Crippen molar-refractivity contribution in [2.45, 2.75) is 70.5 Å². The van der Waals surface area contributed by atoms with Crippen LogP contribution in [0.25, 0.3) is 0 Å². The molecular weight excluding hydrogens is 342 g/mol. The topological polar surface area (TPSA) is 78.5 Å². The van der Waals surface area contributed by atoms with Crippen LogP contribution < -0.4 is 10.6 Å². The van der Waals surface area contributed by atoms with Crippen molar-refractivity contribution in [2.24, 2.45) is 5.92 Å². The van der Waals surface area contributed by atoms with Gasteiger partial charge in [-0.1, -0.05) is 26.2 Å². The van der Waals surface area contributed by atoms with Gasteiger partial charge < -0.3 is 10.2 Å². The van der Waals surface area contributed by atoms with Crippen LogP contribution in [0.2, 0.25) is 0 Å². The third kappa shape index (κ3) is 3.45. The highest BCUT2D eigenvalue weighted by molar-refractivity contribution is 6.05. The molecule has 0 spiro atoms. The van der Waals surface area contributed by atoms with Gasteiger partial charge in [0.1, 0.15) is 6.04 Å². The van der Waals surface area contributed by atoms with Crippen molar-refractivity contribution < 1.29 is 14.4 Å². The highest BCUT2D eigenvalue weighted by Gasteiger charge is 2.39. The molecule has 0 bridgehead atoms. The minimum absolute atomic E-state index is 0.116. The van der Waals surface area contributed by atoms with E-state index in [1.165, 1.54) is 32.1 Å². The molecule has 1 unspecified atom stereocenters. The molecule has 27 heavy (non-hydrogen) atoms. The fourth-order valence-electron chi connectivity index (χ4n) is 4.76. The minimum atomic E-state index is -0.554. The first-order valence-corrected chi connectivity index (χ1v) is 10.1. The lowest BCUT2D eigenvalue weighted by atomic mass is 9.83. The molecule has 1 aromatic carbocycles. The second-order valence-electron chi connectivity index (χ2n) is 7.98. The molecule has 3 atom stereocenters. The second kappa shape index (κ2) is 7.33. The number of piperidine rings is 1. The monoisotopic (exact) mass is 369 g/mol. The number of fused-ring (bicyclic) bond motifs is 1. The van der Waals surface area contributed by atoms with E-state index in [9.17, 15) is 14.4 Å². The Kier molecular flexibility index (Phi) is 4.89. The van der Waals surface area contributed by atoms with E-state index in [4.69, 9.17) is 0 Å². The zero-order chi connectivity index (χ0) is 19.0. The summed E-state index contributed by atoms with van der Waals surface area (Å²) in [6.45, 7) is 2.68. The number of benzene rings is 1. The fourth-order valence-corrected chi connectivity index (χ4v) is 4.76. The van der Waals surface area contributed by atoms with E-state index in [0.29, 0.717) is 30.5 Å². The first-order chi connectivity index (χ1) is 13.1. The Morgan fingerprint density at radius 3 is 2.74 bits per heavy atom. The molecule has 1 saturated carbocycles. The van der Waals surface area contributed by atoms with E-state index < -0.39 is 6.04 Å². The lowest BCUT2D eigenvalue weighted by molar-refractivity contribution is -0.136. The maximum absolute atomic E-state index is 12.8. The van der Waals surface area contributed by atoms with Gasteiger partial charge in [-0.25, -0.2) is 0 Å². The number of carbonyl (C=O) groups is 3. The predicted octanol–water partition coefficient (Wildman–Crippen LogP) is 2.83. The number of hydrogen-bond acceptors (Lipinski definition) is 4. The number of anilines is 1. The minimum Gasteiger partial charge on any atom is -0.382 e. The van der Waals surface area contributed by atoms with Gasteiger partial charge in [0.15, 0.2) is 0 Å². The number of nitrogens with zero attached hydrogens (tertiary/aromatic N) is 1. The number of rotatable bonds is 4. The normalized spacial score (nSPS) is 28.1. The number of imide groups is 1. The second-order valence-corrected chi connectivity index (χ2v) is 7.98. The summed E-state index contributed by atoms with van der Waals surface area (Å²) >= 11 is 0. The van der Waals surface area contributed by atoms with Gasteiger partial charge in [-0.15, -0.1) is 0 Å². The number of hydrogen-bond donors (Lipinski definition) is 2. The zero-order valence-electron chi connectivity index (χ0n) is 15.8. The van der Waals surface area contributed by atoms with E-state index in [1.807, 2.05) is 12.1 Å². The number of nitrogens with one attached hydrogen (secondary N) is 2. The van der Waals surface area contributed by atoms with Crippen LogP contribution in [0.15, 0.2) is 18.2 Å². The Morgan fingerprint density at radius 2 is 1.96 bits per heavy atom. The molecule has 6 heteroatoms. The predicted molar refractivity (Wildman–Crippen MR) is 102 cm³/mol. The van der Waals surface area contributed by atoms with E-state index in [2.05, 4.69) is 23.6 Å². The molecule has 4 rings (SSSR count). The fraction of sp³-hybridized carbons (Fsp3) is 0.571. The first kappa shape index (κ1) is 18.0. The third-order valence-corrected chi connectivity index (χ3v) is 6.31. The van der Waals surface area contributed by atoms with Crippen LogP contribution in [0.1, 0.15) is 67.8 Å². The largest absolute Gasteiger partial charge is 0.382 e. The van der Waals surface area contributed by atoms with E-state index in [1.54, 1.807) is 4.90 Å². The van der Waals surface area contributed by atoms with Crippen LogP contribution in [0.5, 0.6) is 0 Å². The molecule has 2 N–H and O–H groups in total. The van der Waals surface area contributed by atoms with Gasteiger partial charge in [0.05, 0.1) is 0 Å². The van der Waals surface area contributed by atoms with Gasteiger partial charge in [-0.2, -0.15) is 0 Å². The Hall–Kier alpha value is -2.37. The molecule has 2 fully saturated rings. The number of carbonyl (C=O) groups excluding carboxylic acids is 3. The molecule has 3 amide bonds. The number of amides is 3. The summed E-state index contributed by atoms with van der Waals surface area (Å²) in [5.74, 6) is -0.0349. The highest BCUT2D eigenvalue weighted by Crippen LogP contribution is 2.32. The lowest BCUT2D eigenvalue weighted by Gasteiger charge is -2.32. The molecule has 1 aromatic rings. The summed E-state index contributed by atoms with van der Waals surface area (Å²) in [6, 6.07) is 5.84. The maximum atomic E-state index is 12.8. The first-order valence-electron chi connectivity index (χ1n) is 10.1. The van der Waals surface area contributed by atoms with Crippen LogP contribution >= 0.6 is 0 Å². The maximum Gasteiger partial charge on any atom is 0.255 e. The third-order valence-electron chi connectivity index (χ3n) is 6.31. The standard InChI is InChI=1S/C21H27N3O3/c1-2-13-5-3-4-6-17(13)22-15-7-8-16-14(11-15)12-24(21(16)27)18-9-10-19(25)23-20(18)26/h7-8,11,13,17-18,22H,2-6,9-10,12H2,1H3,(H,23,25,26)/t13-,17+,18?/m0/s1. The van der Waals surface area contributed by atoms with Gasteiger partial charge in [0, 0.05) is 30.3 Å². The summed E-state index contributed by atoms with van der Waals surface area (Å²) in [5.41, 5.74) is 2.68. The van der Waals surface area contributed by atoms with Crippen molar-refractivity contribution >= 4 is 23.4 Å². The molecule has 2 heterocycles. The van der Waals surface area contributed by atoms with Crippen LogP contribution in [0.3, 0.4) is 0 Å². The Morgan fingerprint density at radius 1 is 1.15 bits per heavy atom. The van der Waals surface area contributed by atoms with Gasteiger partial charge in [-0.05, 0) is 48.9 Å². The molecule has 1 saturated heterocycles. The van der Waals surface area contributed by atoms with Crippen molar-refractivity contribution in [2.75, 3.05) is 5.32 Å². The average Bonchev–Trinajstić information content (AvgIpc) is 2.98. The van der Waals surface area contributed by atoms with Crippen molar-refractivity contribution in [1.82, 2.24) is 10.2 Å². The van der Waals surface area contributed by atoms with Crippen LogP contribution in [-0.4, -0.2) is 34.7 Å². The van der Waals surface area contributed by atoms with Gasteiger partial charge in [0.2, 0.25) is 11.8 Å². The van der Waals surface area contributed by atoms with Gasteiger partial charge >= 0.3 is 0 Å². The molecule has 2 aliphatic heterocycles. The Bertz CT molecular complexity index is 776. The van der Waals surface area contributed by atoms with E-state index in [0.717, 1.165) is 11.3 Å². The summed E-state index contributed by atoms with van der Waals surface area (Å²) in [6.07, 6.45) is 6.92. The van der Waals surface area contributed by atoms with Crippen LogP contribution in [0.4, 0.5) is 5.69 Å². The smallest absolute Gasteiger partial charge is 0.255 e. The van der Waals surface area contributed by atoms with Crippen molar-refractivity contribution in [3.8, 4) is 0 Å². The van der Waals surface area contributed by atoms with E-state index >= 15 is 0 Å². The quantitative estimate of drug-likeness (QED) is 0.800. The highest BCUT2D eigenvalue weighted by atomic mass is 16.2. The summed E-state index contributed by atoms with van der Waals surface area (Å²) in [4.78, 5) is 37.9. The van der Waals surface area contributed by atoms with Crippen molar-refractivity contribution in [3.63, 3.8) is 0 Å². The van der Waals surface area contributed by atoms with E-state index in [-0.39, 0.29) is 24.1 Å². The van der Waals surface area contributed by atoms with Crippen molar-refractivity contribution in [3.05, 3.63) is 29.3 Å². The molecule has 1 aliphatic carbocycles. The SMILES string of the molecule is CC[C@H]1CCCC[C@H]1Nc1ccc2c(c1)CN(C1CCC(=O)NC1=O)C2=O. The molecular formula is C21H27N3O3. The van der Waals surface area contributed by atoms with Crippen molar-refractivity contribution in [1.29, 1.82) is 0 Å². The molecule has 3 aliphatic rings. The summed E-state index contributed by atoms with van der Waals surface area (Å²) in [5, 5.41) is 6.03. The molecule has 0 aromatic heterocycles. The summed E-state index contributed by atoms with van der Waals surface area (Å²) < 4.78 is 0. The summed E-state index contributed by atoms with van der Waals surface area (Å²) in [7, 11) is 0. The molecule has 144 valence electrons. The van der Waals surface area contributed by atoms with Gasteiger partial charge in [-0.3, -0.25) is 19.7 Å². The lowest BCUT2D eigenvalue weighted by Crippen LogP contribution is -2.52. The Balaban J connectivity index is 1.49. The Labute approximate surface area is 159 Å².